The van der Waals surface area contributed by atoms with E-state index >= 15 is 0 Å². The molecule has 0 radical (unpaired) electrons. The highest BCUT2D eigenvalue weighted by Gasteiger charge is 2.52. The van der Waals surface area contributed by atoms with Crippen molar-refractivity contribution in [2.24, 2.45) is 0 Å². The summed E-state index contributed by atoms with van der Waals surface area (Å²) in [6.45, 7) is 2.09. The highest BCUT2D eigenvalue weighted by Crippen LogP contribution is 2.64. The molecule has 0 amide bonds. The molecule has 22 aromatic carbocycles. The van der Waals surface area contributed by atoms with Crippen molar-refractivity contribution in [2.75, 3.05) is 19.6 Å². The second-order valence-electron chi connectivity index (χ2n) is 37.6. The Morgan fingerprint density at radius 1 is 0.166 bits per heavy atom. The number of para-hydroxylation sites is 4. The van der Waals surface area contributed by atoms with Crippen LogP contribution in [0.3, 0.4) is 0 Å². The molecule has 29 rings (SSSR count). The van der Waals surface area contributed by atoms with Gasteiger partial charge in [0.2, 0.25) is 0 Å². The maximum Gasteiger partial charge on any atom is 0.0725 e. The molecule has 27 aromatic rings. The fraction of sp³-hybridized carbons (Fsp3) is 0.0147. The summed E-state index contributed by atoms with van der Waals surface area (Å²) in [5, 5.41) is 12.8. The molecule has 0 atom stereocenters. The zero-order valence-corrected chi connectivity index (χ0v) is 83.0. The third kappa shape index (κ3) is 14.6. The van der Waals surface area contributed by atoms with Gasteiger partial charge in [-0.05, 0) is 291 Å². The molecule has 5 aromatic heterocycles. The summed E-state index contributed by atoms with van der Waals surface area (Å²) in [4.78, 5) is 9.81. The van der Waals surface area contributed by atoms with Crippen molar-refractivity contribution in [3.05, 3.63) is 537 Å². The van der Waals surface area contributed by atoms with E-state index < -0.39 is 5.41 Å². The second-order valence-corrected chi connectivity index (χ2v) is 43.0. The van der Waals surface area contributed by atoms with E-state index in [2.05, 4.69) is 542 Å². The quantitative estimate of drug-likeness (QED) is 0.0901. The van der Waals surface area contributed by atoms with Gasteiger partial charge in [0.05, 0.1) is 16.8 Å². The van der Waals surface area contributed by atoms with Gasteiger partial charge in [-0.25, -0.2) is 0 Å². The SMILES string of the molecule is C/C=C/c1ccc2sc3ccc(-c4ccc(N(c5ccccc5)c5ccc6c(c5)-c5ccccc5C65c6ccccc6-c6ccccc65)cc4N(c4ccccc4)c4ccc5sc6ccccc6c5c4)cc3c2c1.c1ccc(-c2cccc(-c3ccc4sc5ccc(-c6ccc(N(c7ccc8c(c7)sc7ccccc78)c7ccc8c(c7)sc7ccccc78)cc6N(c6ccccc6)c6ccccc6)cc5c4c3)c2)cc1. The number of hydrogen-bond donors (Lipinski definition) is 0. The molecule has 0 saturated carbocycles. The molecular weight excluding hydrogens is 1850 g/mol. The topological polar surface area (TPSA) is 13.0 Å². The molecule has 4 nitrogen and oxygen atoms in total. The summed E-state index contributed by atoms with van der Waals surface area (Å²) in [6, 6.07) is 187. The highest BCUT2D eigenvalue weighted by molar-refractivity contribution is 7.27. The van der Waals surface area contributed by atoms with Gasteiger partial charge in [-0.1, -0.05) is 315 Å². The van der Waals surface area contributed by atoms with Crippen LogP contribution in [0.5, 0.6) is 0 Å². The molecule has 0 bridgehead atoms. The zero-order chi connectivity index (χ0) is 95.7. The minimum atomic E-state index is -0.418. The van der Waals surface area contributed by atoms with Gasteiger partial charge in [-0.2, -0.15) is 0 Å². The Hall–Kier alpha value is -17.1. The van der Waals surface area contributed by atoms with E-state index in [4.69, 9.17) is 0 Å². The third-order valence-corrected chi connectivity index (χ3v) is 35.1. The number of allylic oxidation sites excluding steroid dienone is 1. The molecule has 1 spiro atoms. The van der Waals surface area contributed by atoms with Crippen LogP contribution in [0.15, 0.2) is 510 Å². The van der Waals surface area contributed by atoms with Gasteiger partial charge in [-0.3, -0.25) is 0 Å². The van der Waals surface area contributed by atoms with E-state index in [9.17, 15) is 0 Å². The van der Waals surface area contributed by atoms with Crippen molar-refractivity contribution < 1.29 is 0 Å². The lowest BCUT2D eigenvalue weighted by Crippen LogP contribution is -2.25. The lowest BCUT2D eigenvalue weighted by molar-refractivity contribution is 0.794. The fourth-order valence-corrected chi connectivity index (χ4v) is 28.4. The lowest BCUT2D eigenvalue weighted by atomic mass is 9.70. The average molecular weight is 1940 g/mol. The standard InChI is InChI=1S/C70H46N2S2.C66H42N2S3/c1-2-17-45-30-37-67-58(40-45)59-41-46(31-38-68(59)74-67)52-35-32-51(44-65(52)72(48-20-7-4-8-21-48)50-34-39-69-60(43-50)56-25-12-16-29-66(56)73-69)71(47-18-5-3-6-19-47)49-33-36-64-57(42-49)55-24-11-15-28-63(55)70(64)61-26-13-9-22-53(61)54-23-10-14-27-62(54)70;1-4-15-43(16-5-1)44-17-14-18-45(37-44)46-27-35-63-58(38-46)59-39-47(28-36-64(59)69-63)53-32-29-50(40-60(53)68(48-19-6-2-7-20-48)49-21-8-3-9-22-49)67(51-30-33-56-54-23-10-12-25-61(54)70-65(56)41-51)52-31-34-57-55-24-11-13-26-62(55)71-66(57)42-52/h2-44H,1H3;1-42H/b17-2+;. The van der Waals surface area contributed by atoms with Gasteiger partial charge in [0.15, 0.2) is 0 Å². The number of hydrogen-bond acceptors (Lipinski definition) is 9. The van der Waals surface area contributed by atoms with Crippen molar-refractivity contribution in [2.45, 2.75) is 12.3 Å². The third-order valence-electron chi connectivity index (χ3n) is 29.4. The summed E-state index contributed by atoms with van der Waals surface area (Å²) >= 11 is 9.31. The molecule has 2 aliphatic rings. The number of nitrogens with zero attached hydrogens (tertiary/aromatic N) is 4. The predicted molar refractivity (Wildman–Crippen MR) is 629 cm³/mol. The van der Waals surface area contributed by atoms with E-state index in [0.29, 0.717) is 0 Å². The summed E-state index contributed by atoms with van der Waals surface area (Å²) in [5.41, 5.74) is 33.9. The number of rotatable bonds is 17. The Labute approximate surface area is 860 Å². The summed E-state index contributed by atoms with van der Waals surface area (Å²) < 4.78 is 12.9. The Morgan fingerprint density at radius 3 is 0.966 bits per heavy atom. The summed E-state index contributed by atoms with van der Waals surface area (Å²) in [6.07, 6.45) is 4.31. The van der Waals surface area contributed by atoms with Crippen molar-refractivity contribution in [3.8, 4) is 66.8 Å². The molecule has 2 aliphatic carbocycles. The number of fused-ring (bicyclic) bond motifs is 25. The van der Waals surface area contributed by atoms with E-state index in [1.54, 1.807) is 0 Å². The Morgan fingerprint density at radius 2 is 0.469 bits per heavy atom. The summed E-state index contributed by atoms with van der Waals surface area (Å²) in [7, 11) is 0. The minimum absolute atomic E-state index is 0.418. The van der Waals surface area contributed by atoms with Crippen LogP contribution in [0, 0.1) is 0 Å². The first-order chi connectivity index (χ1) is 71.8. The van der Waals surface area contributed by atoms with Crippen molar-refractivity contribution >= 4 is 232 Å². The average Bonchev–Trinajstić information content (AvgIpc) is 1.50. The fourth-order valence-electron chi connectivity index (χ4n) is 22.9. The molecule has 145 heavy (non-hydrogen) atoms. The summed E-state index contributed by atoms with van der Waals surface area (Å²) in [5.74, 6) is 0. The molecule has 0 unspecified atom stereocenters. The monoisotopic (exact) mass is 1940 g/mol. The van der Waals surface area contributed by atoms with Crippen LogP contribution in [0.1, 0.15) is 34.7 Å². The van der Waals surface area contributed by atoms with Crippen LogP contribution in [-0.2, 0) is 5.41 Å². The largest absolute Gasteiger partial charge is 0.310 e. The van der Waals surface area contributed by atoms with Crippen LogP contribution in [-0.4, -0.2) is 0 Å². The van der Waals surface area contributed by atoms with Gasteiger partial charge in [0, 0.05) is 169 Å². The second kappa shape index (κ2) is 35.5. The first-order valence-corrected chi connectivity index (χ1v) is 53.5. The van der Waals surface area contributed by atoms with Gasteiger partial charge in [0.25, 0.3) is 0 Å². The highest BCUT2D eigenvalue weighted by atomic mass is 32.1. The number of benzene rings is 22. The first kappa shape index (κ1) is 85.8. The number of anilines is 12. The molecular formula is C136H88N4S5. The Kier molecular flexibility index (Phi) is 21.0. The molecule has 0 N–H and O–H groups in total. The number of thiophene rings is 5. The van der Waals surface area contributed by atoms with Crippen LogP contribution in [0.4, 0.5) is 68.2 Å². The van der Waals surface area contributed by atoms with Gasteiger partial charge < -0.3 is 19.6 Å². The van der Waals surface area contributed by atoms with Crippen molar-refractivity contribution in [1.82, 2.24) is 0 Å². The molecule has 682 valence electrons. The lowest BCUT2D eigenvalue weighted by Gasteiger charge is -2.32. The van der Waals surface area contributed by atoms with Crippen LogP contribution < -0.4 is 19.6 Å². The van der Waals surface area contributed by atoms with Crippen LogP contribution in [0.2, 0.25) is 0 Å². The van der Waals surface area contributed by atoms with E-state index in [1.807, 2.05) is 56.7 Å². The minimum Gasteiger partial charge on any atom is -0.310 e. The van der Waals surface area contributed by atoms with Crippen LogP contribution >= 0.6 is 56.7 Å². The van der Waals surface area contributed by atoms with E-state index in [-0.39, 0.29) is 0 Å². The molecule has 5 heterocycles. The maximum atomic E-state index is 2.48. The van der Waals surface area contributed by atoms with Crippen molar-refractivity contribution in [3.63, 3.8) is 0 Å². The van der Waals surface area contributed by atoms with E-state index in [1.165, 1.54) is 179 Å². The molecule has 0 saturated heterocycles. The predicted octanol–water partition coefficient (Wildman–Crippen LogP) is 41.1. The van der Waals surface area contributed by atoms with E-state index in [0.717, 1.165) is 84.9 Å². The van der Waals surface area contributed by atoms with Gasteiger partial charge in [-0.15, -0.1) is 56.7 Å². The first-order valence-electron chi connectivity index (χ1n) is 49.4. The molecule has 0 fully saturated rings. The smallest absolute Gasteiger partial charge is 0.0725 e. The van der Waals surface area contributed by atoms with Crippen LogP contribution in [0.25, 0.3) is 174 Å². The normalized spacial score (nSPS) is 12.3. The Bertz CT molecular complexity index is 9640. The van der Waals surface area contributed by atoms with Gasteiger partial charge >= 0.3 is 0 Å². The van der Waals surface area contributed by atoms with Gasteiger partial charge in [0.1, 0.15) is 0 Å². The van der Waals surface area contributed by atoms with Crippen molar-refractivity contribution in [1.29, 1.82) is 0 Å². The zero-order valence-electron chi connectivity index (χ0n) is 78.9. The molecule has 0 aliphatic heterocycles. The molecule has 9 heteroatoms. The Balaban J connectivity index is 0.000000141. The maximum absolute atomic E-state index is 2.48.